The second kappa shape index (κ2) is 6.60. The molecule has 1 heterocycles. The fourth-order valence-corrected chi connectivity index (χ4v) is 2.61. The fraction of sp³-hybridized carbons (Fsp3) is 0.176. The predicted molar refractivity (Wildman–Crippen MR) is 89.6 cm³/mol. The lowest BCUT2D eigenvalue weighted by molar-refractivity contribution is -0.384. The van der Waals surface area contributed by atoms with Crippen LogP contribution in [-0.2, 0) is 11.3 Å². The van der Waals surface area contributed by atoms with Crippen molar-refractivity contribution in [3.63, 3.8) is 0 Å². The molecule has 2 amide bonds. The van der Waals surface area contributed by atoms with Crippen molar-refractivity contribution in [1.29, 1.82) is 0 Å². The Morgan fingerprint density at radius 1 is 1.32 bits per heavy atom. The number of nitrogens with zero attached hydrogens (tertiary/aromatic N) is 2. The number of nitrogens with one attached hydrogen (secondary N) is 1. The molecule has 0 bridgehead atoms. The Labute approximate surface area is 143 Å². The lowest BCUT2D eigenvalue weighted by Crippen LogP contribution is -2.38. The van der Waals surface area contributed by atoms with Crippen molar-refractivity contribution >= 4 is 23.2 Å². The second-order valence-electron chi connectivity index (χ2n) is 5.46. The van der Waals surface area contributed by atoms with Gasteiger partial charge in [-0.3, -0.25) is 19.7 Å². The van der Waals surface area contributed by atoms with Gasteiger partial charge in [-0.1, -0.05) is 12.1 Å². The maximum absolute atomic E-state index is 12.2. The third kappa shape index (κ3) is 3.27. The molecule has 0 aromatic heterocycles. The molecule has 1 aliphatic heterocycles. The Balaban J connectivity index is 1.93. The zero-order chi connectivity index (χ0) is 18.0. The Hall–Kier alpha value is -3.42. The molecule has 0 unspecified atom stereocenters. The molecule has 8 nitrogen and oxygen atoms in total. The van der Waals surface area contributed by atoms with E-state index in [1.54, 1.807) is 30.3 Å². The number of amides is 2. The lowest BCUT2D eigenvalue weighted by Gasteiger charge is -2.29. The van der Waals surface area contributed by atoms with Crippen molar-refractivity contribution in [3.05, 3.63) is 63.7 Å². The van der Waals surface area contributed by atoms with E-state index in [4.69, 9.17) is 4.74 Å². The van der Waals surface area contributed by atoms with Crippen molar-refractivity contribution in [3.8, 4) is 5.75 Å². The van der Waals surface area contributed by atoms with Crippen LogP contribution in [0.25, 0.3) is 0 Å². The molecule has 0 spiro atoms. The first-order chi connectivity index (χ1) is 12.0. The number of nitro groups is 1. The Morgan fingerprint density at radius 2 is 2.12 bits per heavy atom. The van der Waals surface area contributed by atoms with Crippen LogP contribution in [0.2, 0.25) is 0 Å². The van der Waals surface area contributed by atoms with E-state index < -0.39 is 4.92 Å². The van der Waals surface area contributed by atoms with Crippen LogP contribution in [0, 0.1) is 10.1 Å². The maximum atomic E-state index is 12.2. The number of carbonyl (C=O) groups is 2. The summed E-state index contributed by atoms with van der Waals surface area (Å²) >= 11 is 0. The van der Waals surface area contributed by atoms with Gasteiger partial charge in [0.25, 0.3) is 17.5 Å². The molecule has 0 atom stereocenters. The number of ether oxygens (including phenoxy) is 1. The van der Waals surface area contributed by atoms with Crippen molar-refractivity contribution in [1.82, 2.24) is 5.32 Å². The number of carbonyl (C=O) groups excluding carboxylic acids is 2. The largest absolute Gasteiger partial charge is 0.482 e. The van der Waals surface area contributed by atoms with Crippen LogP contribution in [0.1, 0.15) is 15.9 Å². The van der Waals surface area contributed by atoms with Gasteiger partial charge in [0, 0.05) is 24.7 Å². The summed E-state index contributed by atoms with van der Waals surface area (Å²) in [5.41, 5.74) is 1.54. The lowest BCUT2D eigenvalue weighted by atomic mass is 10.1. The summed E-state index contributed by atoms with van der Waals surface area (Å²) in [6.07, 6.45) is 0. The van der Waals surface area contributed by atoms with Gasteiger partial charge >= 0.3 is 0 Å². The summed E-state index contributed by atoms with van der Waals surface area (Å²) in [4.78, 5) is 35.9. The minimum atomic E-state index is -0.478. The summed E-state index contributed by atoms with van der Waals surface area (Å²) < 4.78 is 5.42. The van der Waals surface area contributed by atoms with E-state index in [9.17, 15) is 19.7 Å². The highest BCUT2D eigenvalue weighted by molar-refractivity contribution is 6.00. The molecule has 2 aromatic carbocycles. The van der Waals surface area contributed by atoms with Crippen molar-refractivity contribution in [2.24, 2.45) is 0 Å². The van der Waals surface area contributed by atoms with Gasteiger partial charge in [-0.15, -0.1) is 0 Å². The van der Waals surface area contributed by atoms with Crippen LogP contribution in [0.15, 0.2) is 42.5 Å². The van der Waals surface area contributed by atoms with Gasteiger partial charge in [0.15, 0.2) is 6.61 Å². The average molecular weight is 341 g/mol. The van der Waals surface area contributed by atoms with Gasteiger partial charge < -0.3 is 15.0 Å². The van der Waals surface area contributed by atoms with Gasteiger partial charge in [0.1, 0.15) is 5.75 Å². The summed E-state index contributed by atoms with van der Waals surface area (Å²) in [7, 11) is 1.53. The maximum Gasteiger partial charge on any atom is 0.269 e. The Bertz CT molecular complexity index is 865. The zero-order valence-electron chi connectivity index (χ0n) is 13.4. The molecule has 8 heteroatoms. The van der Waals surface area contributed by atoms with E-state index in [1.165, 1.54) is 24.1 Å². The number of anilines is 1. The number of hydrogen-bond acceptors (Lipinski definition) is 5. The van der Waals surface area contributed by atoms with Gasteiger partial charge in [0.05, 0.1) is 17.2 Å². The average Bonchev–Trinajstić information content (AvgIpc) is 2.63. The number of non-ortho nitro benzene ring substituents is 1. The molecule has 2 aromatic rings. The first-order valence-corrected chi connectivity index (χ1v) is 7.52. The van der Waals surface area contributed by atoms with E-state index >= 15 is 0 Å². The van der Waals surface area contributed by atoms with E-state index in [2.05, 4.69) is 5.32 Å². The van der Waals surface area contributed by atoms with Crippen LogP contribution >= 0.6 is 0 Å². The van der Waals surface area contributed by atoms with Crippen molar-refractivity contribution < 1.29 is 19.2 Å². The van der Waals surface area contributed by atoms with Crippen molar-refractivity contribution in [2.45, 2.75) is 6.54 Å². The summed E-state index contributed by atoms with van der Waals surface area (Å²) in [5, 5.41) is 13.4. The predicted octanol–water partition coefficient (Wildman–Crippen LogP) is 1.88. The molecule has 0 fully saturated rings. The van der Waals surface area contributed by atoms with Crippen LogP contribution in [0.4, 0.5) is 11.4 Å². The standard InChI is InChI=1S/C17H15N3O5/c1-18-17(22)12-5-6-14-15(8-12)25-10-16(21)19(14)9-11-3-2-4-13(7-11)20(23)24/h2-8H,9-10H2,1H3,(H,18,22). The minimum absolute atomic E-state index is 0.0339. The van der Waals surface area contributed by atoms with E-state index in [0.29, 0.717) is 22.6 Å². The Kier molecular flexibility index (Phi) is 4.34. The first-order valence-electron chi connectivity index (χ1n) is 7.52. The molecule has 128 valence electrons. The zero-order valence-corrected chi connectivity index (χ0v) is 13.4. The van der Waals surface area contributed by atoms with Crippen LogP contribution in [0.3, 0.4) is 0 Å². The molecule has 0 radical (unpaired) electrons. The molecule has 1 N–H and O–H groups in total. The number of hydrogen-bond donors (Lipinski definition) is 1. The quantitative estimate of drug-likeness (QED) is 0.676. The molecular formula is C17H15N3O5. The number of benzene rings is 2. The second-order valence-corrected chi connectivity index (χ2v) is 5.46. The van der Waals surface area contributed by atoms with Crippen LogP contribution < -0.4 is 15.0 Å². The SMILES string of the molecule is CNC(=O)c1ccc2c(c1)OCC(=O)N2Cc1cccc([N+](=O)[O-])c1. The summed E-state index contributed by atoms with van der Waals surface area (Å²) in [6, 6.07) is 10.9. The molecule has 0 saturated carbocycles. The van der Waals surface area contributed by atoms with Gasteiger partial charge in [-0.25, -0.2) is 0 Å². The number of fused-ring (bicyclic) bond motifs is 1. The highest BCUT2D eigenvalue weighted by Gasteiger charge is 2.26. The highest BCUT2D eigenvalue weighted by atomic mass is 16.6. The van der Waals surface area contributed by atoms with E-state index in [-0.39, 0.29) is 30.7 Å². The molecule has 1 aliphatic rings. The molecule has 3 rings (SSSR count). The van der Waals surface area contributed by atoms with Gasteiger partial charge in [0.2, 0.25) is 0 Å². The Morgan fingerprint density at radius 3 is 2.84 bits per heavy atom. The van der Waals surface area contributed by atoms with Crippen LogP contribution in [0.5, 0.6) is 5.75 Å². The van der Waals surface area contributed by atoms with E-state index in [1.807, 2.05) is 0 Å². The van der Waals surface area contributed by atoms with Gasteiger partial charge in [-0.2, -0.15) is 0 Å². The molecule has 0 aliphatic carbocycles. The molecule has 0 saturated heterocycles. The smallest absolute Gasteiger partial charge is 0.269 e. The number of nitro benzene ring substituents is 1. The summed E-state index contributed by atoms with van der Waals surface area (Å²) in [5.74, 6) is -0.0913. The normalized spacial score (nSPS) is 13.0. The van der Waals surface area contributed by atoms with Gasteiger partial charge in [-0.05, 0) is 23.8 Å². The first kappa shape index (κ1) is 16.4. The van der Waals surface area contributed by atoms with Crippen LogP contribution in [-0.4, -0.2) is 30.4 Å². The third-order valence-corrected chi connectivity index (χ3v) is 3.85. The third-order valence-electron chi connectivity index (χ3n) is 3.85. The minimum Gasteiger partial charge on any atom is -0.482 e. The fourth-order valence-electron chi connectivity index (χ4n) is 2.61. The van der Waals surface area contributed by atoms with E-state index in [0.717, 1.165) is 0 Å². The molecular weight excluding hydrogens is 326 g/mol. The number of rotatable bonds is 4. The highest BCUT2D eigenvalue weighted by Crippen LogP contribution is 2.34. The topological polar surface area (TPSA) is 102 Å². The molecule has 25 heavy (non-hydrogen) atoms. The monoisotopic (exact) mass is 341 g/mol. The van der Waals surface area contributed by atoms with Crippen molar-refractivity contribution in [2.75, 3.05) is 18.6 Å². The summed E-state index contributed by atoms with van der Waals surface area (Å²) in [6.45, 7) is 0.0231.